The van der Waals surface area contributed by atoms with E-state index in [1.54, 1.807) is 0 Å². The molecule has 2 rings (SSSR count). The van der Waals surface area contributed by atoms with Gasteiger partial charge in [-0.15, -0.1) is 0 Å². The number of nitrogens with two attached hydrogens (primary N) is 1. The second kappa shape index (κ2) is 6.96. The number of carbonyl (C=O) groups excluding carboxylic acids is 1. The molecule has 1 fully saturated rings. The smallest absolute Gasteiger partial charge is 0.223 e. The van der Waals surface area contributed by atoms with Crippen molar-refractivity contribution in [2.45, 2.75) is 25.3 Å². The predicted molar refractivity (Wildman–Crippen MR) is 81.4 cm³/mol. The number of amides is 1. The molecule has 0 radical (unpaired) electrons. The first-order valence-electron chi connectivity index (χ1n) is 6.88. The van der Waals surface area contributed by atoms with E-state index < -0.39 is 0 Å². The molecule has 2 atom stereocenters. The molecule has 2 N–H and O–H groups in total. The molecule has 1 heterocycles. The highest BCUT2D eigenvalue weighted by molar-refractivity contribution is 7.99. The first-order chi connectivity index (χ1) is 9.22. The van der Waals surface area contributed by atoms with Crippen LogP contribution in [0.25, 0.3) is 0 Å². The van der Waals surface area contributed by atoms with Gasteiger partial charge in [-0.1, -0.05) is 37.3 Å². The van der Waals surface area contributed by atoms with Crippen LogP contribution in [0.4, 0.5) is 0 Å². The zero-order valence-corrected chi connectivity index (χ0v) is 12.2. The molecule has 0 aliphatic carbocycles. The van der Waals surface area contributed by atoms with Crippen LogP contribution in [0.1, 0.15) is 24.8 Å². The highest BCUT2D eigenvalue weighted by Crippen LogP contribution is 2.26. The van der Waals surface area contributed by atoms with Gasteiger partial charge in [-0.3, -0.25) is 4.79 Å². The predicted octanol–water partition coefficient (Wildman–Crippen LogP) is 2.08. The van der Waals surface area contributed by atoms with Crippen molar-refractivity contribution in [3.8, 4) is 0 Å². The molecule has 1 amide bonds. The minimum Gasteiger partial charge on any atom is -0.340 e. The van der Waals surface area contributed by atoms with Gasteiger partial charge in [-0.05, 0) is 11.3 Å². The van der Waals surface area contributed by atoms with Gasteiger partial charge in [-0.2, -0.15) is 11.8 Å². The van der Waals surface area contributed by atoms with E-state index in [0.717, 1.165) is 18.1 Å². The second-order valence-corrected chi connectivity index (χ2v) is 6.32. The Balaban J connectivity index is 1.92. The number of benzene rings is 1. The van der Waals surface area contributed by atoms with Crippen LogP contribution in [-0.4, -0.2) is 41.4 Å². The van der Waals surface area contributed by atoms with E-state index in [-0.39, 0.29) is 17.9 Å². The Morgan fingerprint density at radius 2 is 2.11 bits per heavy atom. The van der Waals surface area contributed by atoms with Crippen LogP contribution in [-0.2, 0) is 4.79 Å². The first kappa shape index (κ1) is 14.4. The van der Waals surface area contributed by atoms with Gasteiger partial charge in [0.05, 0.1) is 0 Å². The summed E-state index contributed by atoms with van der Waals surface area (Å²) in [6.45, 7) is 3.57. The Hall–Kier alpha value is -1.00. The quantitative estimate of drug-likeness (QED) is 0.839. The lowest BCUT2D eigenvalue weighted by molar-refractivity contribution is -0.129. The van der Waals surface area contributed by atoms with Crippen molar-refractivity contribution in [1.29, 1.82) is 0 Å². The Morgan fingerprint density at radius 1 is 1.37 bits per heavy atom. The minimum absolute atomic E-state index is 0.0604. The fourth-order valence-electron chi connectivity index (χ4n) is 2.55. The normalized spacial score (nSPS) is 22.7. The Labute approximate surface area is 119 Å². The van der Waals surface area contributed by atoms with Crippen LogP contribution in [0.15, 0.2) is 30.3 Å². The molecule has 1 aliphatic rings. The fraction of sp³-hybridized carbons (Fsp3) is 0.533. The standard InChI is InChI=1S/C15H22N2OS/c1-2-19-9-8-15(18)17-10-13(14(16)11-17)12-6-4-3-5-7-12/h3-7,13-14H,2,8-11,16H2,1H3. The maximum atomic E-state index is 12.1. The van der Waals surface area contributed by atoms with E-state index >= 15 is 0 Å². The molecule has 1 aliphatic heterocycles. The Kier molecular flexibility index (Phi) is 5.28. The average Bonchev–Trinajstić information content (AvgIpc) is 2.82. The Bertz CT molecular complexity index is 410. The van der Waals surface area contributed by atoms with Gasteiger partial charge in [0.25, 0.3) is 0 Å². The van der Waals surface area contributed by atoms with Crippen LogP contribution in [0.3, 0.4) is 0 Å². The zero-order valence-electron chi connectivity index (χ0n) is 11.4. The molecule has 0 saturated carbocycles. The van der Waals surface area contributed by atoms with Crippen molar-refractivity contribution in [3.63, 3.8) is 0 Å². The van der Waals surface area contributed by atoms with Crippen LogP contribution < -0.4 is 5.73 Å². The van der Waals surface area contributed by atoms with Gasteiger partial charge in [0.1, 0.15) is 0 Å². The van der Waals surface area contributed by atoms with Crippen molar-refractivity contribution < 1.29 is 4.79 Å². The van der Waals surface area contributed by atoms with E-state index in [0.29, 0.717) is 13.0 Å². The lowest BCUT2D eigenvalue weighted by atomic mass is 9.95. The highest BCUT2D eigenvalue weighted by Gasteiger charge is 2.33. The van der Waals surface area contributed by atoms with Crippen LogP contribution in [0, 0.1) is 0 Å². The molecule has 1 saturated heterocycles. The van der Waals surface area contributed by atoms with Gasteiger partial charge in [0.2, 0.25) is 5.91 Å². The summed E-state index contributed by atoms with van der Waals surface area (Å²) in [7, 11) is 0. The third-order valence-electron chi connectivity index (χ3n) is 3.61. The summed E-state index contributed by atoms with van der Waals surface area (Å²) >= 11 is 1.81. The van der Waals surface area contributed by atoms with E-state index in [1.165, 1.54) is 5.56 Å². The zero-order chi connectivity index (χ0) is 13.7. The number of hydrogen-bond acceptors (Lipinski definition) is 3. The minimum atomic E-state index is 0.0604. The topological polar surface area (TPSA) is 46.3 Å². The molecular weight excluding hydrogens is 256 g/mol. The summed E-state index contributed by atoms with van der Waals surface area (Å²) in [6, 6.07) is 10.3. The number of nitrogens with zero attached hydrogens (tertiary/aromatic N) is 1. The molecule has 0 bridgehead atoms. The average molecular weight is 278 g/mol. The lowest BCUT2D eigenvalue weighted by Crippen LogP contribution is -2.32. The summed E-state index contributed by atoms with van der Waals surface area (Å²) in [5, 5.41) is 0. The van der Waals surface area contributed by atoms with Crippen LogP contribution >= 0.6 is 11.8 Å². The maximum Gasteiger partial charge on any atom is 0.223 e. The molecule has 4 heteroatoms. The molecular formula is C15H22N2OS. The molecule has 1 aromatic rings. The molecule has 2 unspecified atom stereocenters. The summed E-state index contributed by atoms with van der Waals surface area (Å²) in [6.07, 6.45) is 0.632. The molecule has 3 nitrogen and oxygen atoms in total. The number of hydrogen-bond donors (Lipinski definition) is 1. The van der Waals surface area contributed by atoms with E-state index in [2.05, 4.69) is 19.1 Å². The van der Waals surface area contributed by atoms with Crippen molar-refractivity contribution >= 4 is 17.7 Å². The summed E-state index contributed by atoms with van der Waals surface area (Å²) in [5.41, 5.74) is 7.44. The highest BCUT2D eigenvalue weighted by atomic mass is 32.2. The van der Waals surface area contributed by atoms with Gasteiger partial charge in [-0.25, -0.2) is 0 Å². The number of likely N-dealkylation sites (tertiary alicyclic amines) is 1. The first-order valence-corrected chi connectivity index (χ1v) is 8.04. The summed E-state index contributed by atoms with van der Waals surface area (Å²) in [5.74, 6) is 2.51. The SMILES string of the molecule is CCSCCC(=O)N1CC(N)C(c2ccccc2)C1. The summed E-state index contributed by atoms with van der Waals surface area (Å²) in [4.78, 5) is 14.0. The van der Waals surface area contributed by atoms with Crippen molar-refractivity contribution in [1.82, 2.24) is 4.90 Å². The number of rotatable bonds is 5. The van der Waals surface area contributed by atoms with E-state index in [1.807, 2.05) is 34.9 Å². The molecule has 1 aromatic carbocycles. The Morgan fingerprint density at radius 3 is 2.79 bits per heavy atom. The number of carbonyl (C=O) groups is 1. The van der Waals surface area contributed by atoms with Gasteiger partial charge < -0.3 is 10.6 Å². The largest absolute Gasteiger partial charge is 0.340 e. The van der Waals surface area contributed by atoms with Crippen molar-refractivity contribution in [2.24, 2.45) is 5.73 Å². The molecule has 104 valence electrons. The van der Waals surface area contributed by atoms with Gasteiger partial charge >= 0.3 is 0 Å². The third kappa shape index (κ3) is 3.74. The van der Waals surface area contributed by atoms with Gasteiger partial charge in [0, 0.05) is 37.2 Å². The van der Waals surface area contributed by atoms with E-state index in [4.69, 9.17) is 5.73 Å². The third-order valence-corrected chi connectivity index (χ3v) is 4.51. The maximum absolute atomic E-state index is 12.1. The van der Waals surface area contributed by atoms with Crippen LogP contribution in [0.5, 0.6) is 0 Å². The summed E-state index contributed by atoms with van der Waals surface area (Å²) < 4.78 is 0. The molecule has 0 spiro atoms. The molecule has 0 aromatic heterocycles. The lowest BCUT2D eigenvalue weighted by Gasteiger charge is -2.16. The van der Waals surface area contributed by atoms with Crippen LogP contribution in [0.2, 0.25) is 0 Å². The van der Waals surface area contributed by atoms with Crippen molar-refractivity contribution in [3.05, 3.63) is 35.9 Å². The van der Waals surface area contributed by atoms with Gasteiger partial charge in [0.15, 0.2) is 0 Å². The monoisotopic (exact) mass is 278 g/mol. The second-order valence-electron chi connectivity index (χ2n) is 4.93. The fourth-order valence-corrected chi connectivity index (χ4v) is 3.16. The number of thioether (sulfide) groups is 1. The van der Waals surface area contributed by atoms with E-state index in [9.17, 15) is 4.79 Å². The van der Waals surface area contributed by atoms with Crippen molar-refractivity contribution in [2.75, 3.05) is 24.6 Å². The molecule has 19 heavy (non-hydrogen) atoms.